The summed E-state index contributed by atoms with van der Waals surface area (Å²) < 4.78 is 0. The molecule has 0 saturated heterocycles. The van der Waals surface area contributed by atoms with Gasteiger partial charge in [0.25, 0.3) is 11.5 Å². The standard InChI is InChI=1S/C19H15ClN4O2/c20-16-5-1-3-13-11-24(8-6-14(13)16)19(26)15-10-22-17(23-18(15)25)12-4-2-7-21-9-12/h1-5,7,9-10H,6,8,11H2,(H,22,23,25). The average Bonchev–Trinajstić information content (AvgIpc) is 2.68. The Balaban J connectivity index is 1.60. The molecule has 0 fully saturated rings. The maximum atomic E-state index is 12.8. The molecule has 0 bridgehead atoms. The Kier molecular flexibility index (Phi) is 4.26. The van der Waals surface area contributed by atoms with Gasteiger partial charge in [-0.3, -0.25) is 14.6 Å². The van der Waals surface area contributed by atoms with Crippen LogP contribution < -0.4 is 5.56 Å². The van der Waals surface area contributed by atoms with Gasteiger partial charge in [0.1, 0.15) is 11.4 Å². The predicted molar refractivity (Wildman–Crippen MR) is 98.0 cm³/mol. The van der Waals surface area contributed by atoms with E-state index in [1.165, 1.54) is 6.20 Å². The number of hydrogen-bond donors (Lipinski definition) is 1. The first-order valence-corrected chi connectivity index (χ1v) is 8.56. The van der Waals surface area contributed by atoms with E-state index in [2.05, 4.69) is 15.0 Å². The minimum Gasteiger partial charge on any atom is -0.334 e. The molecule has 7 heteroatoms. The van der Waals surface area contributed by atoms with Gasteiger partial charge in [0.05, 0.1) is 0 Å². The van der Waals surface area contributed by atoms with E-state index in [4.69, 9.17) is 11.6 Å². The van der Waals surface area contributed by atoms with E-state index in [1.807, 2.05) is 18.2 Å². The Labute approximate surface area is 154 Å². The van der Waals surface area contributed by atoms with Crippen molar-refractivity contribution in [2.45, 2.75) is 13.0 Å². The van der Waals surface area contributed by atoms with Crippen molar-refractivity contribution in [1.29, 1.82) is 0 Å². The highest BCUT2D eigenvalue weighted by atomic mass is 35.5. The monoisotopic (exact) mass is 366 g/mol. The molecule has 1 aromatic carbocycles. The van der Waals surface area contributed by atoms with Crippen molar-refractivity contribution < 1.29 is 4.79 Å². The fraction of sp³-hybridized carbons (Fsp3) is 0.158. The molecule has 0 atom stereocenters. The first-order chi connectivity index (χ1) is 12.6. The first-order valence-electron chi connectivity index (χ1n) is 8.19. The quantitative estimate of drug-likeness (QED) is 0.756. The van der Waals surface area contributed by atoms with Gasteiger partial charge in [0, 0.05) is 42.3 Å². The van der Waals surface area contributed by atoms with E-state index in [0.29, 0.717) is 30.9 Å². The number of nitrogens with zero attached hydrogens (tertiary/aromatic N) is 3. The summed E-state index contributed by atoms with van der Waals surface area (Å²) in [7, 11) is 0. The second kappa shape index (κ2) is 6.72. The predicted octanol–water partition coefficient (Wildman–Crippen LogP) is 2.68. The van der Waals surface area contributed by atoms with E-state index in [9.17, 15) is 9.59 Å². The molecule has 2 aromatic heterocycles. The van der Waals surface area contributed by atoms with Crippen LogP contribution in [0.2, 0.25) is 5.02 Å². The van der Waals surface area contributed by atoms with E-state index in [-0.39, 0.29) is 11.5 Å². The van der Waals surface area contributed by atoms with Gasteiger partial charge >= 0.3 is 0 Å². The van der Waals surface area contributed by atoms with Crippen molar-refractivity contribution in [3.05, 3.63) is 81.0 Å². The number of carbonyl (C=O) groups excluding carboxylic acids is 1. The summed E-state index contributed by atoms with van der Waals surface area (Å²) in [5.74, 6) is 0.0533. The molecule has 0 spiro atoms. The number of aromatic amines is 1. The molecule has 1 aliphatic heterocycles. The number of nitrogens with one attached hydrogen (secondary N) is 1. The second-order valence-electron chi connectivity index (χ2n) is 6.07. The van der Waals surface area contributed by atoms with Crippen LogP contribution in [0, 0.1) is 0 Å². The normalized spacial score (nSPS) is 13.3. The summed E-state index contributed by atoms with van der Waals surface area (Å²) in [5.41, 5.74) is 2.33. The SMILES string of the molecule is O=C(c1cnc(-c2cccnc2)[nH]c1=O)N1CCc2c(Cl)cccc2C1. The summed E-state index contributed by atoms with van der Waals surface area (Å²) in [4.78, 5) is 37.7. The molecule has 0 radical (unpaired) electrons. The summed E-state index contributed by atoms with van der Waals surface area (Å²) in [6, 6.07) is 9.22. The van der Waals surface area contributed by atoms with Crippen molar-refractivity contribution in [2.24, 2.45) is 0 Å². The van der Waals surface area contributed by atoms with E-state index < -0.39 is 5.56 Å². The Hall–Kier alpha value is -2.99. The van der Waals surface area contributed by atoms with Gasteiger partial charge in [-0.1, -0.05) is 23.7 Å². The van der Waals surface area contributed by atoms with Gasteiger partial charge in [-0.25, -0.2) is 4.98 Å². The molecule has 0 saturated carbocycles. The molecule has 4 rings (SSSR count). The number of aromatic nitrogens is 3. The van der Waals surface area contributed by atoms with Crippen LogP contribution in [0.4, 0.5) is 0 Å². The van der Waals surface area contributed by atoms with Gasteiger partial charge in [0.2, 0.25) is 0 Å². The number of halogens is 1. The van der Waals surface area contributed by atoms with Gasteiger partial charge in [-0.15, -0.1) is 0 Å². The largest absolute Gasteiger partial charge is 0.334 e. The number of H-pyrrole nitrogens is 1. The zero-order valence-corrected chi connectivity index (χ0v) is 14.5. The molecule has 130 valence electrons. The number of carbonyl (C=O) groups is 1. The number of rotatable bonds is 2. The highest BCUT2D eigenvalue weighted by Gasteiger charge is 2.25. The lowest BCUT2D eigenvalue weighted by molar-refractivity contribution is 0.0732. The highest BCUT2D eigenvalue weighted by molar-refractivity contribution is 6.31. The molecule has 1 amide bonds. The van der Waals surface area contributed by atoms with Crippen LogP contribution >= 0.6 is 11.6 Å². The number of amides is 1. The third-order valence-corrected chi connectivity index (χ3v) is 4.81. The molecule has 3 heterocycles. The topological polar surface area (TPSA) is 79.0 Å². The van der Waals surface area contributed by atoms with Crippen LogP contribution in [0.5, 0.6) is 0 Å². The number of hydrogen-bond acceptors (Lipinski definition) is 4. The lowest BCUT2D eigenvalue weighted by Crippen LogP contribution is -2.38. The Bertz CT molecular complexity index is 1030. The summed E-state index contributed by atoms with van der Waals surface area (Å²) >= 11 is 6.21. The lowest BCUT2D eigenvalue weighted by atomic mass is 9.99. The molecular weight excluding hydrogens is 352 g/mol. The summed E-state index contributed by atoms with van der Waals surface area (Å²) in [5, 5.41) is 0.718. The minimum atomic E-state index is -0.458. The first kappa shape index (κ1) is 16.5. The maximum absolute atomic E-state index is 12.8. The lowest BCUT2D eigenvalue weighted by Gasteiger charge is -2.29. The van der Waals surface area contributed by atoms with Crippen LogP contribution in [0.1, 0.15) is 21.5 Å². The van der Waals surface area contributed by atoms with E-state index >= 15 is 0 Å². The molecule has 6 nitrogen and oxygen atoms in total. The average molecular weight is 367 g/mol. The third kappa shape index (κ3) is 2.99. The number of pyridine rings is 1. The Morgan fingerprint density at radius 2 is 2.08 bits per heavy atom. The van der Waals surface area contributed by atoms with Crippen molar-refractivity contribution >= 4 is 17.5 Å². The van der Waals surface area contributed by atoms with Gasteiger partial charge < -0.3 is 9.88 Å². The Morgan fingerprint density at radius 3 is 2.85 bits per heavy atom. The van der Waals surface area contributed by atoms with Crippen molar-refractivity contribution in [3.63, 3.8) is 0 Å². The zero-order chi connectivity index (χ0) is 18.1. The summed E-state index contributed by atoms with van der Waals surface area (Å²) in [6.07, 6.45) is 5.24. The molecule has 26 heavy (non-hydrogen) atoms. The summed E-state index contributed by atoms with van der Waals surface area (Å²) in [6.45, 7) is 0.942. The molecule has 1 aliphatic rings. The van der Waals surface area contributed by atoms with Crippen LogP contribution in [0.3, 0.4) is 0 Å². The highest BCUT2D eigenvalue weighted by Crippen LogP contribution is 2.26. The van der Waals surface area contributed by atoms with Gasteiger partial charge in [-0.05, 0) is 35.7 Å². The van der Waals surface area contributed by atoms with Crippen molar-refractivity contribution in [3.8, 4) is 11.4 Å². The molecule has 3 aromatic rings. The third-order valence-electron chi connectivity index (χ3n) is 4.46. The number of fused-ring (bicyclic) bond motifs is 1. The van der Waals surface area contributed by atoms with Crippen molar-refractivity contribution in [1.82, 2.24) is 19.9 Å². The minimum absolute atomic E-state index is 0.0307. The fourth-order valence-corrected chi connectivity index (χ4v) is 3.39. The van der Waals surface area contributed by atoms with Crippen LogP contribution in [0.15, 0.2) is 53.7 Å². The number of benzene rings is 1. The van der Waals surface area contributed by atoms with Gasteiger partial charge in [0.15, 0.2) is 0 Å². The Morgan fingerprint density at radius 1 is 1.19 bits per heavy atom. The maximum Gasteiger partial charge on any atom is 0.264 e. The van der Waals surface area contributed by atoms with Gasteiger partial charge in [-0.2, -0.15) is 0 Å². The van der Waals surface area contributed by atoms with E-state index in [1.54, 1.807) is 29.4 Å². The second-order valence-corrected chi connectivity index (χ2v) is 6.48. The fourth-order valence-electron chi connectivity index (χ4n) is 3.10. The molecule has 0 unspecified atom stereocenters. The zero-order valence-electron chi connectivity index (χ0n) is 13.8. The smallest absolute Gasteiger partial charge is 0.264 e. The van der Waals surface area contributed by atoms with Crippen molar-refractivity contribution in [2.75, 3.05) is 6.54 Å². The van der Waals surface area contributed by atoms with Crippen LogP contribution in [0.25, 0.3) is 11.4 Å². The molecule has 0 aliphatic carbocycles. The van der Waals surface area contributed by atoms with E-state index in [0.717, 1.165) is 16.1 Å². The van der Waals surface area contributed by atoms with Crippen LogP contribution in [-0.2, 0) is 13.0 Å². The van der Waals surface area contributed by atoms with Crippen LogP contribution in [-0.4, -0.2) is 32.3 Å². The molecule has 1 N–H and O–H groups in total. The molecular formula is C19H15ClN4O2.